The molecular weight excluding hydrogens is 184 g/mol. The summed E-state index contributed by atoms with van der Waals surface area (Å²) in [6.07, 6.45) is 4.00. The van der Waals surface area contributed by atoms with Gasteiger partial charge in [0.2, 0.25) is 0 Å². The van der Waals surface area contributed by atoms with Crippen LogP contribution < -0.4 is 10.6 Å². The molecule has 1 aliphatic rings. The molecule has 1 aliphatic carbocycles. The third-order valence-electron chi connectivity index (χ3n) is 2.71. The highest BCUT2D eigenvalue weighted by Gasteiger charge is 2.19. The van der Waals surface area contributed by atoms with Crippen LogP contribution in [0.2, 0.25) is 0 Å². The van der Waals surface area contributed by atoms with E-state index >= 15 is 0 Å². The topological polar surface area (TPSA) is 24.1 Å². The zero-order valence-corrected chi connectivity index (χ0v) is 9.21. The second-order valence-corrected chi connectivity index (χ2v) is 4.24. The molecule has 0 bridgehead atoms. The molecule has 0 unspecified atom stereocenters. The minimum Gasteiger partial charge on any atom is -0.314 e. The summed E-state index contributed by atoms with van der Waals surface area (Å²) in [4.78, 5) is 0. The summed E-state index contributed by atoms with van der Waals surface area (Å²) in [6.45, 7) is 3.26. The molecule has 0 atom stereocenters. The van der Waals surface area contributed by atoms with Crippen LogP contribution in [-0.4, -0.2) is 19.1 Å². The van der Waals surface area contributed by atoms with Gasteiger partial charge in [0, 0.05) is 12.6 Å². The van der Waals surface area contributed by atoms with Crippen LogP contribution in [0.5, 0.6) is 0 Å². The molecule has 1 saturated carbocycles. The van der Waals surface area contributed by atoms with Gasteiger partial charge in [0.1, 0.15) is 0 Å². The van der Waals surface area contributed by atoms with Crippen LogP contribution >= 0.6 is 0 Å². The number of nitrogens with one attached hydrogen (secondary N) is 2. The lowest BCUT2D eigenvalue weighted by atomic mass is 10.2. The standard InChI is InChI=1S/C13H20N2/c1-2-5-12(6-3-1)11-14-9-4-10-15-13-7-8-13/h1-3,5-6,13-15H,4,7-11H2. The molecule has 0 amide bonds. The van der Waals surface area contributed by atoms with E-state index < -0.39 is 0 Å². The lowest BCUT2D eigenvalue weighted by Gasteiger charge is -2.05. The fraction of sp³-hybridized carbons (Fsp3) is 0.538. The zero-order chi connectivity index (χ0) is 10.3. The highest BCUT2D eigenvalue weighted by Crippen LogP contribution is 2.18. The van der Waals surface area contributed by atoms with E-state index in [2.05, 4.69) is 41.0 Å². The van der Waals surface area contributed by atoms with E-state index in [1.54, 1.807) is 0 Å². The van der Waals surface area contributed by atoms with Gasteiger partial charge < -0.3 is 10.6 Å². The second kappa shape index (κ2) is 5.89. The van der Waals surface area contributed by atoms with Gasteiger partial charge in [-0.1, -0.05) is 30.3 Å². The van der Waals surface area contributed by atoms with E-state index in [1.807, 2.05) is 0 Å². The van der Waals surface area contributed by atoms with Gasteiger partial charge in [-0.05, 0) is 37.9 Å². The molecule has 0 spiro atoms. The highest BCUT2D eigenvalue weighted by atomic mass is 14.9. The van der Waals surface area contributed by atoms with Crippen molar-refractivity contribution in [3.05, 3.63) is 35.9 Å². The van der Waals surface area contributed by atoms with Crippen molar-refractivity contribution in [3.8, 4) is 0 Å². The van der Waals surface area contributed by atoms with Crippen molar-refractivity contribution in [1.82, 2.24) is 10.6 Å². The van der Waals surface area contributed by atoms with Crippen molar-refractivity contribution >= 4 is 0 Å². The van der Waals surface area contributed by atoms with Gasteiger partial charge in [-0.3, -0.25) is 0 Å². The lowest BCUT2D eigenvalue weighted by molar-refractivity contribution is 0.593. The van der Waals surface area contributed by atoms with Crippen molar-refractivity contribution in [2.24, 2.45) is 0 Å². The predicted octanol–water partition coefficient (Wildman–Crippen LogP) is 1.92. The van der Waals surface area contributed by atoms with Crippen LogP contribution in [-0.2, 0) is 6.54 Å². The Morgan fingerprint density at radius 1 is 1.07 bits per heavy atom. The molecule has 1 aromatic rings. The normalized spacial score (nSPS) is 15.5. The summed E-state index contributed by atoms with van der Waals surface area (Å²) in [6, 6.07) is 11.4. The second-order valence-electron chi connectivity index (χ2n) is 4.24. The molecule has 0 aromatic heterocycles. The van der Waals surface area contributed by atoms with E-state index in [4.69, 9.17) is 0 Å². The maximum absolute atomic E-state index is 3.52. The lowest BCUT2D eigenvalue weighted by Crippen LogP contribution is -2.23. The van der Waals surface area contributed by atoms with Gasteiger partial charge in [0.25, 0.3) is 0 Å². The zero-order valence-electron chi connectivity index (χ0n) is 9.21. The Morgan fingerprint density at radius 2 is 1.87 bits per heavy atom. The molecular formula is C13H20N2. The molecule has 0 heterocycles. The Morgan fingerprint density at radius 3 is 2.60 bits per heavy atom. The summed E-state index contributed by atoms with van der Waals surface area (Å²) in [5, 5.41) is 6.97. The average molecular weight is 204 g/mol. The van der Waals surface area contributed by atoms with Crippen molar-refractivity contribution in [2.45, 2.75) is 31.8 Å². The first-order valence-electron chi connectivity index (χ1n) is 5.93. The van der Waals surface area contributed by atoms with Crippen molar-refractivity contribution < 1.29 is 0 Å². The molecule has 15 heavy (non-hydrogen) atoms. The van der Waals surface area contributed by atoms with Crippen molar-refractivity contribution in [1.29, 1.82) is 0 Å². The Hall–Kier alpha value is -0.860. The fourth-order valence-electron chi connectivity index (χ4n) is 1.64. The first-order valence-corrected chi connectivity index (χ1v) is 5.93. The first-order chi connectivity index (χ1) is 7.45. The molecule has 2 N–H and O–H groups in total. The quantitative estimate of drug-likeness (QED) is 0.663. The van der Waals surface area contributed by atoms with Gasteiger partial charge in [0.05, 0.1) is 0 Å². The summed E-state index contributed by atoms with van der Waals surface area (Å²) < 4.78 is 0. The average Bonchev–Trinajstić information content (AvgIpc) is 3.09. The monoisotopic (exact) mass is 204 g/mol. The first kappa shape index (κ1) is 10.7. The van der Waals surface area contributed by atoms with Crippen LogP contribution in [0.25, 0.3) is 0 Å². The largest absolute Gasteiger partial charge is 0.314 e. The molecule has 0 saturated heterocycles. The Balaban J connectivity index is 1.47. The van der Waals surface area contributed by atoms with Crippen molar-refractivity contribution in [3.63, 3.8) is 0 Å². The van der Waals surface area contributed by atoms with E-state index in [-0.39, 0.29) is 0 Å². The fourth-order valence-corrected chi connectivity index (χ4v) is 1.64. The number of hydrogen-bond acceptors (Lipinski definition) is 2. The van der Waals surface area contributed by atoms with E-state index in [1.165, 1.54) is 24.8 Å². The molecule has 2 heteroatoms. The number of hydrogen-bond donors (Lipinski definition) is 2. The minimum absolute atomic E-state index is 0.846. The summed E-state index contributed by atoms with van der Waals surface area (Å²) in [7, 11) is 0. The molecule has 0 aliphatic heterocycles. The van der Waals surface area contributed by atoms with E-state index in [0.717, 1.165) is 25.7 Å². The van der Waals surface area contributed by atoms with Crippen LogP contribution in [0, 0.1) is 0 Å². The molecule has 2 rings (SSSR count). The maximum atomic E-state index is 3.52. The third-order valence-corrected chi connectivity index (χ3v) is 2.71. The highest BCUT2D eigenvalue weighted by molar-refractivity contribution is 5.14. The van der Waals surface area contributed by atoms with E-state index in [0.29, 0.717) is 0 Å². The Labute approximate surface area is 92.1 Å². The molecule has 82 valence electrons. The molecule has 0 radical (unpaired) electrons. The Bertz CT molecular complexity index is 267. The summed E-state index contributed by atoms with van der Waals surface area (Å²) >= 11 is 0. The van der Waals surface area contributed by atoms with Gasteiger partial charge >= 0.3 is 0 Å². The minimum atomic E-state index is 0.846. The predicted molar refractivity (Wildman–Crippen MR) is 63.8 cm³/mol. The molecule has 1 fully saturated rings. The van der Waals surface area contributed by atoms with Gasteiger partial charge in [-0.25, -0.2) is 0 Å². The molecule has 1 aromatic carbocycles. The third kappa shape index (κ3) is 4.45. The Kier molecular flexibility index (Phi) is 4.18. The van der Waals surface area contributed by atoms with Gasteiger partial charge in [-0.2, -0.15) is 0 Å². The number of rotatable bonds is 7. The summed E-state index contributed by atoms with van der Waals surface area (Å²) in [5.41, 5.74) is 1.37. The smallest absolute Gasteiger partial charge is 0.0205 e. The van der Waals surface area contributed by atoms with E-state index in [9.17, 15) is 0 Å². The van der Waals surface area contributed by atoms with Crippen LogP contribution in [0.1, 0.15) is 24.8 Å². The SMILES string of the molecule is c1ccc(CNCCCNC2CC2)cc1. The van der Waals surface area contributed by atoms with Gasteiger partial charge in [-0.15, -0.1) is 0 Å². The number of benzene rings is 1. The van der Waals surface area contributed by atoms with Crippen LogP contribution in [0.3, 0.4) is 0 Å². The summed E-state index contributed by atoms with van der Waals surface area (Å²) in [5.74, 6) is 0. The van der Waals surface area contributed by atoms with Crippen LogP contribution in [0.4, 0.5) is 0 Å². The maximum Gasteiger partial charge on any atom is 0.0205 e. The van der Waals surface area contributed by atoms with Crippen molar-refractivity contribution in [2.75, 3.05) is 13.1 Å². The van der Waals surface area contributed by atoms with Crippen LogP contribution in [0.15, 0.2) is 30.3 Å². The molecule has 2 nitrogen and oxygen atoms in total. The van der Waals surface area contributed by atoms with Gasteiger partial charge in [0.15, 0.2) is 0 Å².